The Morgan fingerprint density at radius 1 is 1.00 bits per heavy atom. The average molecular weight is 301 g/mol. The van der Waals surface area contributed by atoms with Crippen LogP contribution in [0.1, 0.15) is 44.1 Å². The zero-order valence-electron chi connectivity index (χ0n) is 13.4. The highest BCUT2D eigenvalue weighted by Gasteiger charge is 2.36. The van der Waals surface area contributed by atoms with Crippen molar-refractivity contribution >= 4 is 11.3 Å². The second-order valence-corrected chi connectivity index (χ2v) is 6.66. The Labute approximate surface area is 133 Å². The van der Waals surface area contributed by atoms with Gasteiger partial charge in [0.05, 0.1) is 0 Å². The van der Waals surface area contributed by atoms with E-state index in [1.807, 2.05) is 11.3 Å². The molecule has 0 amide bonds. The van der Waals surface area contributed by atoms with Crippen LogP contribution in [0.2, 0.25) is 0 Å². The van der Waals surface area contributed by atoms with Crippen molar-refractivity contribution in [3.63, 3.8) is 0 Å². The lowest BCUT2D eigenvalue weighted by Gasteiger charge is -2.41. The molecule has 0 saturated heterocycles. The van der Waals surface area contributed by atoms with Crippen molar-refractivity contribution in [3.05, 3.63) is 58.3 Å². The van der Waals surface area contributed by atoms with E-state index in [2.05, 4.69) is 73.9 Å². The van der Waals surface area contributed by atoms with Gasteiger partial charge < -0.3 is 5.32 Å². The first kappa shape index (κ1) is 16.3. The third kappa shape index (κ3) is 3.56. The van der Waals surface area contributed by atoms with Crippen LogP contribution in [0.25, 0.3) is 0 Å². The molecule has 1 N–H and O–H groups in total. The van der Waals surface area contributed by atoms with E-state index in [1.54, 1.807) is 0 Å². The maximum atomic E-state index is 3.77. The summed E-state index contributed by atoms with van der Waals surface area (Å²) < 4.78 is 0. The van der Waals surface area contributed by atoms with Crippen LogP contribution in [0.15, 0.2) is 47.8 Å². The summed E-state index contributed by atoms with van der Waals surface area (Å²) in [5, 5.41) is 5.95. The first-order chi connectivity index (χ1) is 10.3. The molecule has 0 spiro atoms. The van der Waals surface area contributed by atoms with Gasteiger partial charge >= 0.3 is 0 Å². The highest BCUT2D eigenvalue weighted by molar-refractivity contribution is 7.09. The highest BCUT2D eigenvalue weighted by Crippen LogP contribution is 2.37. The van der Waals surface area contributed by atoms with Crippen LogP contribution >= 0.6 is 11.3 Å². The van der Waals surface area contributed by atoms with E-state index in [0.717, 1.165) is 25.8 Å². The molecule has 0 saturated carbocycles. The SMILES string of the molecule is CCNC(Cc1cccs1)C(CC)(CC)c1ccccc1. The number of hydrogen-bond donors (Lipinski definition) is 1. The predicted molar refractivity (Wildman–Crippen MR) is 94.2 cm³/mol. The van der Waals surface area contributed by atoms with Crippen molar-refractivity contribution in [2.45, 2.75) is 51.5 Å². The lowest BCUT2D eigenvalue weighted by atomic mass is 9.69. The highest BCUT2D eigenvalue weighted by atomic mass is 32.1. The molecule has 0 aliphatic rings. The topological polar surface area (TPSA) is 12.0 Å². The first-order valence-electron chi connectivity index (χ1n) is 8.08. The average Bonchev–Trinajstić information content (AvgIpc) is 3.03. The summed E-state index contributed by atoms with van der Waals surface area (Å²) >= 11 is 1.87. The molecule has 1 nitrogen and oxygen atoms in total. The summed E-state index contributed by atoms with van der Waals surface area (Å²) in [4.78, 5) is 1.48. The Bertz CT molecular complexity index is 500. The van der Waals surface area contributed by atoms with Crippen LogP contribution < -0.4 is 5.32 Å². The fourth-order valence-corrected chi connectivity index (χ4v) is 4.21. The zero-order valence-corrected chi connectivity index (χ0v) is 14.2. The van der Waals surface area contributed by atoms with Gasteiger partial charge in [-0.3, -0.25) is 0 Å². The van der Waals surface area contributed by atoms with Crippen molar-refractivity contribution < 1.29 is 0 Å². The molecule has 21 heavy (non-hydrogen) atoms. The fourth-order valence-electron chi connectivity index (χ4n) is 3.46. The summed E-state index contributed by atoms with van der Waals surface area (Å²) in [6.45, 7) is 7.89. The van der Waals surface area contributed by atoms with E-state index in [1.165, 1.54) is 10.4 Å². The largest absolute Gasteiger partial charge is 0.313 e. The standard InChI is InChI=1S/C19H27NS/c1-4-19(5-2,16-11-8-7-9-12-16)18(20-6-3)15-17-13-10-14-21-17/h7-14,18,20H,4-6,15H2,1-3H3. The van der Waals surface area contributed by atoms with E-state index in [0.29, 0.717) is 6.04 Å². The van der Waals surface area contributed by atoms with Crippen molar-refractivity contribution in [1.82, 2.24) is 5.32 Å². The molecular formula is C19H27NS. The monoisotopic (exact) mass is 301 g/mol. The molecule has 0 bridgehead atoms. The molecule has 0 radical (unpaired) electrons. The normalized spacial score (nSPS) is 13.3. The van der Waals surface area contributed by atoms with Gasteiger partial charge in [-0.2, -0.15) is 0 Å². The molecular weight excluding hydrogens is 274 g/mol. The smallest absolute Gasteiger partial charge is 0.0212 e. The molecule has 0 aliphatic carbocycles. The van der Waals surface area contributed by atoms with Gasteiger partial charge in [0.2, 0.25) is 0 Å². The molecule has 2 aromatic rings. The van der Waals surface area contributed by atoms with Crippen LogP contribution in [0, 0.1) is 0 Å². The van der Waals surface area contributed by atoms with Gasteiger partial charge in [0.1, 0.15) is 0 Å². The second-order valence-electron chi connectivity index (χ2n) is 5.62. The van der Waals surface area contributed by atoms with Crippen molar-refractivity contribution in [3.8, 4) is 0 Å². The summed E-state index contributed by atoms with van der Waals surface area (Å²) in [5.74, 6) is 0. The van der Waals surface area contributed by atoms with Gasteiger partial charge in [0.25, 0.3) is 0 Å². The van der Waals surface area contributed by atoms with Crippen LogP contribution in [-0.2, 0) is 11.8 Å². The Morgan fingerprint density at radius 3 is 2.24 bits per heavy atom. The van der Waals surface area contributed by atoms with E-state index in [-0.39, 0.29) is 5.41 Å². The second kappa shape index (κ2) is 7.77. The van der Waals surface area contributed by atoms with Crippen molar-refractivity contribution in [2.75, 3.05) is 6.54 Å². The Hall–Kier alpha value is -1.12. The Balaban J connectivity index is 2.36. The number of likely N-dealkylation sites (N-methyl/N-ethyl adjacent to an activating group) is 1. The molecule has 1 heterocycles. The first-order valence-corrected chi connectivity index (χ1v) is 8.96. The van der Waals surface area contributed by atoms with E-state index in [9.17, 15) is 0 Å². The quantitative estimate of drug-likeness (QED) is 0.721. The Morgan fingerprint density at radius 2 is 1.71 bits per heavy atom. The molecule has 2 rings (SSSR count). The van der Waals surface area contributed by atoms with Gasteiger partial charge in [-0.25, -0.2) is 0 Å². The van der Waals surface area contributed by atoms with Crippen molar-refractivity contribution in [2.24, 2.45) is 0 Å². The summed E-state index contributed by atoms with van der Waals surface area (Å²) in [5.41, 5.74) is 1.68. The van der Waals surface area contributed by atoms with Crippen LogP contribution in [0.4, 0.5) is 0 Å². The number of nitrogens with one attached hydrogen (secondary N) is 1. The maximum absolute atomic E-state index is 3.77. The van der Waals surface area contributed by atoms with Gasteiger partial charge in [0, 0.05) is 16.3 Å². The summed E-state index contributed by atoms with van der Waals surface area (Å²) in [7, 11) is 0. The maximum Gasteiger partial charge on any atom is 0.0212 e. The lowest BCUT2D eigenvalue weighted by molar-refractivity contribution is 0.273. The van der Waals surface area contributed by atoms with E-state index < -0.39 is 0 Å². The van der Waals surface area contributed by atoms with E-state index in [4.69, 9.17) is 0 Å². The lowest BCUT2D eigenvalue weighted by Crippen LogP contribution is -2.49. The molecule has 2 heteroatoms. The summed E-state index contributed by atoms with van der Waals surface area (Å²) in [6.07, 6.45) is 3.44. The van der Waals surface area contributed by atoms with Crippen LogP contribution in [0.5, 0.6) is 0 Å². The third-order valence-corrected chi connectivity index (χ3v) is 5.61. The van der Waals surface area contributed by atoms with Gasteiger partial charge in [0.15, 0.2) is 0 Å². The number of benzene rings is 1. The molecule has 1 aromatic heterocycles. The predicted octanol–water partition coefficient (Wildman–Crippen LogP) is 5.03. The molecule has 114 valence electrons. The number of hydrogen-bond acceptors (Lipinski definition) is 2. The number of thiophene rings is 1. The minimum Gasteiger partial charge on any atom is -0.313 e. The number of rotatable bonds is 8. The molecule has 0 fully saturated rings. The third-order valence-electron chi connectivity index (χ3n) is 4.71. The molecule has 1 atom stereocenters. The molecule has 0 aliphatic heterocycles. The molecule has 1 unspecified atom stereocenters. The van der Waals surface area contributed by atoms with Gasteiger partial charge in [-0.15, -0.1) is 11.3 Å². The summed E-state index contributed by atoms with van der Waals surface area (Å²) in [6, 6.07) is 15.9. The minimum absolute atomic E-state index is 0.210. The van der Waals surface area contributed by atoms with Gasteiger partial charge in [-0.1, -0.05) is 57.2 Å². The molecule has 1 aromatic carbocycles. The van der Waals surface area contributed by atoms with Gasteiger partial charge in [-0.05, 0) is 42.8 Å². The fraction of sp³-hybridized carbons (Fsp3) is 0.474. The van der Waals surface area contributed by atoms with Crippen molar-refractivity contribution in [1.29, 1.82) is 0 Å². The zero-order chi connectivity index (χ0) is 15.1. The van der Waals surface area contributed by atoms with Crippen LogP contribution in [0.3, 0.4) is 0 Å². The Kier molecular flexibility index (Phi) is 6.01. The minimum atomic E-state index is 0.210. The van der Waals surface area contributed by atoms with Crippen LogP contribution in [-0.4, -0.2) is 12.6 Å². The van der Waals surface area contributed by atoms with E-state index >= 15 is 0 Å².